The van der Waals surface area contributed by atoms with E-state index < -0.39 is 15.4 Å². The summed E-state index contributed by atoms with van der Waals surface area (Å²) in [4.78, 5) is 30.6. The Balaban J connectivity index is 1.11. The topological polar surface area (TPSA) is 116 Å². The first-order chi connectivity index (χ1) is 19.3. The highest BCUT2D eigenvalue weighted by Gasteiger charge is 2.49. The van der Waals surface area contributed by atoms with Crippen LogP contribution in [0.1, 0.15) is 42.5 Å². The number of benzene rings is 2. The molecule has 3 aliphatic rings. The van der Waals surface area contributed by atoms with E-state index in [4.69, 9.17) is 4.74 Å². The molecule has 1 spiro atoms. The molecule has 0 bridgehead atoms. The monoisotopic (exact) mass is 563 g/mol. The minimum Gasteiger partial charge on any atom is -0.496 e. The highest BCUT2D eigenvalue weighted by molar-refractivity contribution is 7.92. The minimum atomic E-state index is -3.30. The van der Waals surface area contributed by atoms with Crippen molar-refractivity contribution in [2.45, 2.75) is 32.1 Å². The summed E-state index contributed by atoms with van der Waals surface area (Å²) in [6.07, 6.45) is 7.02. The number of anilines is 2. The van der Waals surface area contributed by atoms with Gasteiger partial charge in [-0.2, -0.15) is 5.10 Å². The van der Waals surface area contributed by atoms with E-state index in [-0.39, 0.29) is 17.6 Å². The lowest BCUT2D eigenvalue weighted by atomic mass is 9.77. The molecule has 210 valence electrons. The number of aromatic nitrogens is 2. The molecule has 3 aromatic rings. The predicted octanol–water partition coefficient (Wildman–Crippen LogP) is 3.67. The van der Waals surface area contributed by atoms with Gasteiger partial charge >= 0.3 is 0 Å². The second-order valence-corrected chi connectivity index (χ2v) is 12.8. The highest BCUT2D eigenvalue weighted by Crippen LogP contribution is 2.44. The number of piperidine rings is 1. The van der Waals surface area contributed by atoms with E-state index in [0.29, 0.717) is 62.4 Å². The van der Waals surface area contributed by atoms with Gasteiger partial charge in [-0.3, -0.25) is 19.0 Å². The third-order valence-electron chi connectivity index (χ3n) is 8.58. The van der Waals surface area contributed by atoms with E-state index in [2.05, 4.69) is 10.2 Å². The van der Waals surface area contributed by atoms with Crippen LogP contribution < -0.4 is 13.9 Å². The highest BCUT2D eigenvalue weighted by atomic mass is 32.2. The van der Waals surface area contributed by atoms with Gasteiger partial charge < -0.3 is 14.5 Å². The zero-order valence-corrected chi connectivity index (χ0v) is 23.3. The molecule has 11 heteroatoms. The molecule has 6 rings (SSSR count). The van der Waals surface area contributed by atoms with Crippen molar-refractivity contribution in [1.29, 1.82) is 0 Å². The van der Waals surface area contributed by atoms with Crippen molar-refractivity contribution in [2.75, 3.05) is 48.2 Å². The SMILES string of the molecule is COc1cc(N2CCC3(CCN(C(=O)c4ccc(N5CCCCS5(=O)=O)cc4)CC3)C2=O)ccc1-c1cn[nH]c1. The average Bonchev–Trinajstić information content (AvgIpc) is 3.62. The van der Waals surface area contributed by atoms with Gasteiger partial charge in [0.05, 0.1) is 30.2 Å². The fraction of sp³-hybridized carbons (Fsp3) is 0.414. The molecule has 3 fully saturated rings. The van der Waals surface area contributed by atoms with Crippen LogP contribution in [-0.4, -0.2) is 74.4 Å². The lowest BCUT2D eigenvalue weighted by Gasteiger charge is -2.38. The molecule has 1 N–H and O–H groups in total. The predicted molar refractivity (Wildman–Crippen MR) is 152 cm³/mol. The van der Waals surface area contributed by atoms with E-state index in [0.717, 1.165) is 29.7 Å². The van der Waals surface area contributed by atoms with Crippen LogP contribution in [-0.2, 0) is 14.8 Å². The number of carbonyl (C=O) groups is 2. The number of amides is 2. The van der Waals surface area contributed by atoms with Crippen LogP contribution in [0.4, 0.5) is 11.4 Å². The number of rotatable bonds is 5. The third kappa shape index (κ3) is 4.61. The fourth-order valence-corrected chi connectivity index (χ4v) is 7.82. The van der Waals surface area contributed by atoms with E-state index in [1.54, 1.807) is 48.7 Å². The van der Waals surface area contributed by atoms with Gasteiger partial charge in [-0.05, 0) is 68.5 Å². The summed E-state index contributed by atoms with van der Waals surface area (Å²) in [7, 11) is -1.68. The van der Waals surface area contributed by atoms with Crippen molar-refractivity contribution < 1.29 is 22.7 Å². The molecule has 3 saturated heterocycles. The van der Waals surface area contributed by atoms with Gasteiger partial charge in [-0.1, -0.05) is 0 Å². The molecule has 0 saturated carbocycles. The van der Waals surface area contributed by atoms with E-state index in [1.165, 1.54) is 4.31 Å². The molecule has 0 radical (unpaired) electrons. The lowest BCUT2D eigenvalue weighted by Crippen LogP contribution is -2.46. The molecular weight excluding hydrogens is 530 g/mol. The van der Waals surface area contributed by atoms with Crippen molar-refractivity contribution in [2.24, 2.45) is 5.41 Å². The summed E-state index contributed by atoms with van der Waals surface area (Å²) >= 11 is 0. The van der Waals surface area contributed by atoms with E-state index in [9.17, 15) is 18.0 Å². The molecule has 4 heterocycles. The van der Waals surface area contributed by atoms with Gasteiger partial charge in [0.2, 0.25) is 15.9 Å². The molecule has 10 nitrogen and oxygen atoms in total. The fourth-order valence-electron chi connectivity index (χ4n) is 6.18. The summed E-state index contributed by atoms with van der Waals surface area (Å²) in [5.41, 5.74) is 3.27. The lowest BCUT2D eigenvalue weighted by molar-refractivity contribution is -0.127. The number of aromatic amines is 1. The Labute approximate surface area is 234 Å². The summed E-state index contributed by atoms with van der Waals surface area (Å²) in [6, 6.07) is 12.6. The van der Waals surface area contributed by atoms with E-state index >= 15 is 0 Å². The first-order valence-electron chi connectivity index (χ1n) is 13.7. The Morgan fingerprint density at radius 2 is 1.70 bits per heavy atom. The Kier molecular flexibility index (Phi) is 6.77. The summed E-state index contributed by atoms with van der Waals surface area (Å²) in [5.74, 6) is 0.843. The number of methoxy groups -OCH3 is 1. The zero-order chi connectivity index (χ0) is 27.9. The Morgan fingerprint density at radius 1 is 0.975 bits per heavy atom. The quantitative estimate of drug-likeness (QED) is 0.507. The van der Waals surface area contributed by atoms with Crippen LogP contribution in [0.25, 0.3) is 11.1 Å². The number of hydrogen-bond donors (Lipinski definition) is 1. The summed E-state index contributed by atoms with van der Waals surface area (Å²) in [5, 5.41) is 6.83. The second kappa shape index (κ2) is 10.3. The van der Waals surface area contributed by atoms with Gasteiger partial charge in [0, 0.05) is 60.8 Å². The number of nitrogens with one attached hydrogen (secondary N) is 1. The first kappa shape index (κ1) is 26.4. The maximum absolute atomic E-state index is 13.7. The van der Waals surface area contributed by atoms with Crippen LogP contribution in [0, 0.1) is 5.41 Å². The maximum atomic E-state index is 13.7. The van der Waals surface area contributed by atoms with Gasteiger partial charge in [-0.15, -0.1) is 0 Å². The van der Waals surface area contributed by atoms with Gasteiger partial charge in [-0.25, -0.2) is 8.42 Å². The standard InChI is InChI=1S/C29H33N5O5S/c1-39-26-18-24(8-9-25(26)22-19-30-31-20-22)33-16-12-29(28(33)36)10-14-32(15-11-29)27(35)21-4-6-23(7-5-21)34-13-2-3-17-40(34,37)38/h4-9,18-20H,2-3,10-17H2,1H3,(H,30,31). The van der Waals surface area contributed by atoms with Gasteiger partial charge in [0.15, 0.2) is 0 Å². The normalized spacial score (nSPS) is 20.2. The molecule has 1 aromatic heterocycles. The van der Waals surface area contributed by atoms with Crippen LogP contribution in [0.2, 0.25) is 0 Å². The molecule has 0 aliphatic carbocycles. The number of nitrogens with zero attached hydrogens (tertiary/aromatic N) is 4. The van der Waals surface area contributed by atoms with Gasteiger partial charge in [0.1, 0.15) is 5.75 Å². The van der Waals surface area contributed by atoms with Crippen LogP contribution >= 0.6 is 0 Å². The van der Waals surface area contributed by atoms with Crippen LogP contribution in [0.15, 0.2) is 54.9 Å². The molecule has 3 aliphatic heterocycles. The van der Waals surface area contributed by atoms with Crippen molar-refractivity contribution in [3.63, 3.8) is 0 Å². The van der Waals surface area contributed by atoms with Crippen molar-refractivity contribution in [1.82, 2.24) is 15.1 Å². The summed E-state index contributed by atoms with van der Waals surface area (Å²) < 4.78 is 31.9. The molecule has 2 amide bonds. The Hall–Kier alpha value is -3.86. The molecular formula is C29H33N5O5S. The number of hydrogen-bond acceptors (Lipinski definition) is 6. The zero-order valence-electron chi connectivity index (χ0n) is 22.5. The smallest absolute Gasteiger partial charge is 0.253 e. The van der Waals surface area contributed by atoms with Crippen molar-refractivity contribution in [3.05, 3.63) is 60.4 Å². The second-order valence-electron chi connectivity index (χ2n) is 10.8. The average molecular weight is 564 g/mol. The third-order valence-corrected chi connectivity index (χ3v) is 10.4. The number of sulfonamides is 1. The number of likely N-dealkylation sites (tertiary alicyclic amines) is 1. The molecule has 40 heavy (non-hydrogen) atoms. The summed E-state index contributed by atoms with van der Waals surface area (Å²) in [6.45, 7) is 2.10. The van der Waals surface area contributed by atoms with Crippen LogP contribution in [0.3, 0.4) is 0 Å². The molecule has 0 atom stereocenters. The first-order valence-corrected chi connectivity index (χ1v) is 15.3. The number of ether oxygens (including phenoxy) is 1. The number of H-pyrrole nitrogens is 1. The van der Waals surface area contributed by atoms with Crippen molar-refractivity contribution >= 4 is 33.2 Å². The maximum Gasteiger partial charge on any atom is 0.253 e. The minimum absolute atomic E-state index is 0.0928. The Morgan fingerprint density at radius 3 is 2.38 bits per heavy atom. The molecule has 2 aromatic carbocycles. The van der Waals surface area contributed by atoms with Crippen LogP contribution in [0.5, 0.6) is 5.75 Å². The van der Waals surface area contributed by atoms with Gasteiger partial charge in [0.25, 0.3) is 5.91 Å². The van der Waals surface area contributed by atoms with Crippen molar-refractivity contribution in [3.8, 4) is 16.9 Å². The van der Waals surface area contributed by atoms with E-state index in [1.807, 2.05) is 23.1 Å². The largest absolute Gasteiger partial charge is 0.496 e. The Bertz CT molecular complexity index is 1510. The molecule has 0 unspecified atom stereocenters. The number of carbonyl (C=O) groups excluding carboxylic acids is 2.